The third-order valence-corrected chi connectivity index (χ3v) is 4.78. The van der Waals surface area contributed by atoms with Gasteiger partial charge in [-0.25, -0.2) is 9.37 Å². The molecule has 2 aromatic carbocycles. The van der Waals surface area contributed by atoms with Crippen molar-refractivity contribution < 1.29 is 9.18 Å². The molecule has 0 spiro atoms. The number of H-pyrrole nitrogens is 1. The van der Waals surface area contributed by atoms with Crippen LogP contribution in [-0.4, -0.2) is 21.6 Å². The predicted octanol–water partition coefficient (Wildman–Crippen LogP) is 4.70. The highest BCUT2D eigenvalue weighted by Crippen LogP contribution is 2.23. The quantitative estimate of drug-likeness (QED) is 0.660. The fourth-order valence-corrected chi connectivity index (χ4v) is 3.08. The molecule has 7 heteroatoms. The van der Waals surface area contributed by atoms with Crippen LogP contribution in [0, 0.1) is 19.7 Å². The number of anilines is 1. The number of thioether (sulfide) groups is 1. The van der Waals surface area contributed by atoms with E-state index in [1.54, 1.807) is 0 Å². The average Bonchev–Trinajstić information content (AvgIpc) is 2.91. The van der Waals surface area contributed by atoms with Crippen molar-refractivity contribution in [1.29, 1.82) is 0 Å². The summed E-state index contributed by atoms with van der Waals surface area (Å²) in [5.41, 5.74) is 4.66. The van der Waals surface area contributed by atoms with Crippen molar-refractivity contribution in [3.63, 3.8) is 0 Å². The van der Waals surface area contributed by atoms with Crippen molar-refractivity contribution in [3.8, 4) is 0 Å². The molecule has 0 aliphatic rings. The van der Waals surface area contributed by atoms with Crippen LogP contribution >= 0.6 is 23.4 Å². The molecule has 0 unspecified atom stereocenters. The number of halogens is 2. The molecule has 1 aromatic heterocycles. The van der Waals surface area contributed by atoms with Crippen LogP contribution in [0.2, 0.25) is 5.02 Å². The molecule has 0 saturated carbocycles. The lowest BCUT2D eigenvalue weighted by molar-refractivity contribution is -0.113. The summed E-state index contributed by atoms with van der Waals surface area (Å²) in [6.45, 7) is 4.08. The highest BCUT2D eigenvalue weighted by Gasteiger charge is 2.09. The maximum absolute atomic E-state index is 13.1. The molecule has 4 nitrogen and oxygen atoms in total. The molecule has 24 heavy (non-hydrogen) atoms. The van der Waals surface area contributed by atoms with Gasteiger partial charge >= 0.3 is 0 Å². The first-order chi connectivity index (χ1) is 11.4. The van der Waals surface area contributed by atoms with Crippen LogP contribution in [0.4, 0.5) is 10.1 Å². The zero-order valence-electron chi connectivity index (χ0n) is 13.1. The minimum atomic E-state index is -0.517. The first-order valence-corrected chi connectivity index (χ1v) is 8.63. The summed E-state index contributed by atoms with van der Waals surface area (Å²) >= 11 is 7.00. The van der Waals surface area contributed by atoms with E-state index in [0.717, 1.165) is 11.0 Å². The Morgan fingerprint density at radius 3 is 2.79 bits per heavy atom. The first kappa shape index (κ1) is 16.8. The zero-order valence-corrected chi connectivity index (χ0v) is 14.7. The monoisotopic (exact) mass is 363 g/mol. The van der Waals surface area contributed by atoms with E-state index < -0.39 is 5.82 Å². The van der Waals surface area contributed by atoms with Gasteiger partial charge in [0.25, 0.3) is 0 Å². The summed E-state index contributed by atoms with van der Waals surface area (Å²) in [6.07, 6.45) is 0. The Balaban J connectivity index is 1.64. The van der Waals surface area contributed by atoms with Crippen LogP contribution in [0.15, 0.2) is 35.5 Å². The smallest absolute Gasteiger partial charge is 0.234 e. The Morgan fingerprint density at radius 1 is 1.29 bits per heavy atom. The number of hydrogen-bond acceptors (Lipinski definition) is 3. The second kappa shape index (κ2) is 6.83. The zero-order chi connectivity index (χ0) is 17.3. The molecule has 3 aromatic rings. The van der Waals surface area contributed by atoms with E-state index >= 15 is 0 Å². The number of rotatable bonds is 4. The van der Waals surface area contributed by atoms with Crippen molar-refractivity contribution >= 4 is 46.0 Å². The Hall–Kier alpha value is -2.05. The van der Waals surface area contributed by atoms with Crippen LogP contribution in [0.1, 0.15) is 11.1 Å². The summed E-state index contributed by atoms with van der Waals surface area (Å²) in [7, 11) is 0. The highest BCUT2D eigenvalue weighted by atomic mass is 35.5. The number of hydrogen-bond donors (Lipinski definition) is 2. The summed E-state index contributed by atoms with van der Waals surface area (Å²) < 4.78 is 13.1. The van der Waals surface area contributed by atoms with Crippen molar-refractivity contribution in [1.82, 2.24) is 9.97 Å². The van der Waals surface area contributed by atoms with Gasteiger partial charge in [0.2, 0.25) is 5.91 Å². The Bertz CT molecular complexity index is 887. The van der Waals surface area contributed by atoms with Crippen LogP contribution in [0.3, 0.4) is 0 Å². The lowest BCUT2D eigenvalue weighted by Crippen LogP contribution is -2.14. The molecule has 0 aliphatic carbocycles. The fraction of sp³-hybridized carbons (Fsp3) is 0.176. The Labute approximate surface area is 147 Å². The maximum Gasteiger partial charge on any atom is 0.234 e. The van der Waals surface area contributed by atoms with Crippen LogP contribution in [0.25, 0.3) is 11.0 Å². The average molecular weight is 364 g/mol. The Kier molecular flexibility index (Phi) is 4.78. The van der Waals surface area contributed by atoms with Crippen LogP contribution in [-0.2, 0) is 4.79 Å². The van der Waals surface area contributed by atoms with Gasteiger partial charge < -0.3 is 10.3 Å². The van der Waals surface area contributed by atoms with Crippen molar-refractivity contribution in [2.75, 3.05) is 11.1 Å². The second-order valence-corrected chi connectivity index (χ2v) is 6.83. The number of aromatic amines is 1. The maximum atomic E-state index is 13.1. The third kappa shape index (κ3) is 3.71. The molecule has 0 bridgehead atoms. The normalized spacial score (nSPS) is 11.0. The number of imidazole rings is 1. The van der Waals surface area contributed by atoms with Gasteiger partial charge in [-0.05, 0) is 55.3 Å². The van der Waals surface area contributed by atoms with Gasteiger partial charge in [0.15, 0.2) is 5.16 Å². The number of carbonyl (C=O) groups excluding carboxylic acids is 1. The van der Waals surface area contributed by atoms with Gasteiger partial charge in [0.05, 0.1) is 21.8 Å². The molecule has 3 rings (SSSR count). The number of amides is 1. The van der Waals surface area contributed by atoms with E-state index in [0.29, 0.717) is 10.8 Å². The summed E-state index contributed by atoms with van der Waals surface area (Å²) in [6, 6.07) is 8.13. The minimum Gasteiger partial charge on any atom is -0.333 e. The second-order valence-electron chi connectivity index (χ2n) is 5.46. The van der Waals surface area contributed by atoms with Gasteiger partial charge in [-0.1, -0.05) is 23.4 Å². The third-order valence-electron chi connectivity index (χ3n) is 3.62. The molecule has 1 amide bonds. The number of aromatic nitrogens is 2. The highest BCUT2D eigenvalue weighted by molar-refractivity contribution is 7.99. The molecular weight excluding hydrogens is 349 g/mol. The van der Waals surface area contributed by atoms with E-state index in [4.69, 9.17) is 11.6 Å². The molecule has 124 valence electrons. The Morgan fingerprint density at radius 2 is 2.04 bits per heavy atom. The molecule has 2 N–H and O–H groups in total. The van der Waals surface area contributed by atoms with Gasteiger partial charge in [-0.3, -0.25) is 4.79 Å². The molecule has 0 atom stereocenters. The standard InChI is InChI=1S/C17H15ClFN3OS/c1-9-5-14-15(6-10(9)2)22-17(21-14)24-8-16(23)20-11-3-4-13(19)12(18)7-11/h3-7H,8H2,1-2H3,(H,20,23)(H,21,22). The van der Waals surface area contributed by atoms with E-state index in [2.05, 4.69) is 15.3 Å². The number of nitrogens with zero attached hydrogens (tertiary/aromatic N) is 1. The van der Waals surface area contributed by atoms with Gasteiger partial charge in [0.1, 0.15) is 5.82 Å². The number of aryl methyl sites for hydroxylation is 2. The molecule has 0 saturated heterocycles. The summed E-state index contributed by atoms with van der Waals surface area (Å²) in [4.78, 5) is 19.7. The van der Waals surface area contributed by atoms with Crippen molar-refractivity contribution in [2.24, 2.45) is 0 Å². The topological polar surface area (TPSA) is 57.8 Å². The number of benzene rings is 2. The lowest BCUT2D eigenvalue weighted by Gasteiger charge is -2.05. The van der Waals surface area contributed by atoms with Crippen LogP contribution in [0.5, 0.6) is 0 Å². The fourth-order valence-electron chi connectivity index (χ4n) is 2.22. The van der Waals surface area contributed by atoms with E-state index in [1.807, 2.05) is 26.0 Å². The molecule has 0 fully saturated rings. The van der Waals surface area contributed by atoms with Crippen molar-refractivity contribution in [3.05, 3.63) is 52.3 Å². The summed E-state index contributed by atoms with van der Waals surface area (Å²) in [5, 5.41) is 3.34. The summed E-state index contributed by atoms with van der Waals surface area (Å²) in [5.74, 6) is -0.542. The van der Waals surface area contributed by atoms with Crippen molar-refractivity contribution in [2.45, 2.75) is 19.0 Å². The van der Waals surface area contributed by atoms with Crippen LogP contribution < -0.4 is 5.32 Å². The predicted molar refractivity (Wildman–Crippen MR) is 96.3 cm³/mol. The largest absolute Gasteiger partial charge is 0.333 e. The van der Waals surface area contributed by atoms with Gasteiger partial charge in [-0.15, -0.1) is 0 Å². The first-order valence-electron chi connectivity index (χ1n) is 7.27. The number of fused-ring (bicyclic) bond motifs is 1. The SMILES string of the molecule is Cc1cc2nc(SCC(=O)Nc3ccc(F)c(Cl)c3)[nH]c2cc1C. The molecule has 0 aliphatic heterocycles. The van der Waals surface area contributed by atoms with Gasteiger partial charge in [0, 0.05) is 5.69 Å². The van der Waals surface area contributed by atoms with Gasteiger partial charge in [-0.2, -0.15) is 0 Å². The molecule has 0 radical (unpaired) electrons. The van der Waals surface area contributed by atoms with E-state index in [9.17, 15) is 9.18 Å². The number of nitrogens with one attached hydrogen (secondary N) is 2. The number of carbonyl (C=O) groups is 1. The minimum absolute atomic E-state index is 0.0246. The van der Waals surface area contributed by atoms with E-state index in [-0.39, 0.29) is 16.7 Å². The van der Waals surface area contributed by atoms with E-state index in [1.165, 1.54) is 41.1 Å². The lowest BCUT2D eigenvalue weighted by atomic mass is 10.1. The molecule has 1 heterocycles. The molecular formula is C17H15ClFN3OS.